The smallest absolute Gasteiger partial charge is 0.433 e. The van der Waals surface area contributed by atoms with E-state index in [1.807, 2.05) is 0 Å². The fourth-order valence-electron chi connectivity index (χ4n) is 2.49. The quantitative estimate of drug-likeness (QED) is 0.591. The topological polar surface area (TPSA) is 39.2 Å². The first-order valence-electron chi connectivity index (χ1n) is 7.01. The van der Waals surface area contributed by atoms with Crippen LogP contribution in [0.4, 0.5) is 13.2 Å². The molecule has 1 fully saturated rings. The van der Waals surface area contributed by atoms with Crippen molar-refractivity contribution in [3.05, 3.63) is 29.6 Å². The molecule has 0 bridgehead atoms. The standard InChI is InChI=1S/C15H18F3NO2/c1-11(20)21-9-3-2-6-14(7-8-14)12-4-5-13(19-10-12)15(16,17)18/h4-5,10H,2-3,6-9H2,1H3. The second kappa shape index (κ2) is 6.03. The third-order valence-corrected chi connectivity index (χ3v) is 3.87. The van der Waals surface area contributed by atoms with Crippen LogP contribution in [0.5, 0.6) is 0 Å². The van der Waals surface area contributed by atoms with E-state index >= 15 is 0 Å². The summed E-state index contributed by atoms with van der Waals surface area (Å²) in [6, 6.07) is 2.59. The van der Waals surface area contributed by atoms with Gasteiger partial charge in [-0.3, -0.25) is 9.78 Å². The number of pyridine rings is 1. The van der Waals surface area contributed by atoms with Crippen molar-refractivity contribution in [1.82, 2.24) is 4.98 Å². The van der Waals surface area contributed by atoms with Gasteiger partial charge in [-0.1, -0.05) is 6.07 Å². The molecule has 0 spiro atoms. The number of hydrogen-bond donors (Lipinski definition) is 0. The molecule has 21 heavy (non-hydrogen) atoms. The van der Waals surface area contributed by atoms with E-state index < -0.39 is 11.9 Å². The Kier molecular flexibility index (Phi) is 4.54. The van der Waals surface area contributed by atoms with Crippen LogP contribution in [0.1, 0.15) is 50.3 Å². The second-order valence-corrected chi connectivity index (χ2v) is 5.51. The van der Waals surface area contributed by atoms with Crippen molar-refractivity contribution in [3.63, 3.8) is 0 Å². The van der Waals surface area contributed by atoms with Crippen molar-refractivity contribution in [1.29, 1.82) is 0 Å². The number of aromatic nitrogens is 1. The zero-order valence-electron chi connectivity index (χ0n) is 11.9. The van der Waals surface area contributed by atoms with Gasteiger partial charge in [-0.25, -0.2) is 0 Å². The van der Waals surface area contributed by atoms with Crippen LogP contribution >= 0.6 is 0 Å². The fourth-order valence-corrected chi connectivity index (χ4v) is 2.49. The molecule has 1 aromatic rings. The summed E-state index contributed by atoms with van der Waals surface area (Å²) in [6.07, 6.45) is 1.47. The minimum atomic E-state index is -4.39. The van der Waals surface area contributed by atoms with Crippen LogP contribution in [-0.2, 0) is 21.1 Å². The normalized spacial score (nSPS) is 16.6. The lowest BCUT2D eigenvalue weighted by Gasteiger charge is -2.16. The van der Waals surface area contributed by atoms with Crippen LogP contribution in [0.15, 0.2) is 18.3 Å². The zero-order chi connectivity index (χ0) is 15.5. The Morgan fingerprint density at radius 2 is 2.05 bits per heavy atom. The molecule has 0 aromatic carbocycles. The van der Waals surface area contributed by atoms with E-state index in [1.54, 1.807) is 0 Å². The molecule has 0 amide bonds. The highest BCUT2D eigenvalue weighted by molar-refractivity contribution is 5.65. The highest BCUT2D eigenvalue weighted by atomic mass is 19.4. The van der Waals surface area contributed by atoms with Crippen LogP contribution in [0.25, 0.3) is 0 Å². The number of halogens is 3. The third-order valence-electron chi connectivity index (χ3n) is 3.87. The highest BCUT2D eigenvalue weighted by Gasteiger charge is 2.44. The van der Waals surface area contributed by atoms with Crippen LogP contribution in [0.2, 0.25) is 0 Å². The number of ether oxygens (including phenoxy) is 1. The Hall–Kier alpha value is -1.59. The van der Waals surface area contributed by atoms with Crippen LogP contribution < -0.4 is 0 Å². The first-order chi connectivity index (χ1) is 9.83. The second-order valence-electron chi connectivity index (χ2n) is 5.51. The third kappa shape index (κ3) is 4.19. The Bertz CT molecular complexity index is 493. The molecular weight excluding hydrogens is 283 g/mol. The van der Waals surface area contributed by atoms with Gasteiger partial charge in [0.25, 0.3) is 0 Å². The molecule has 0 atom stereocenters. The molecule has 0 saturated heterocycles. The van der Waals surface area contributed by atoms with Gasteiger partial charge in [0.2, 0.25) is 0 Å². The van der Waals surface area contributed by atoms with E-state index in [9.17, 15) is 18.0 Å². The van der Waals surface area contributed by atoms with Crippen LogP contribution in [0.3, 0.4) is 0 Å². The summed E-state index contributed by atoms with van der Waals surface area (Å²) in [5, 5.41) is 0. The van der Waals surface area contributed by atoms with Crippen molar-refractivity contribution >= 4 is 5.97 Å². The number of unbranched alkanes of at least 4 members (excludes halogenated alkanes) is 1. The predicted molar refractivity (Wildman–Crippen MR) is 70.6 cm³/mol. The van der Waals surface area contributed by atoms with Crippen LogP contribution in [-0.4, -0.2) is 17.6 Å². The number of hydrogen-bond acceptors (Lipinski definition) is 3. The summed E-state index contributed by atoms with van der Waals surface area (Å²) in [5.41, 5.74) is 0.00720. The average molecular weight is 301 g/mol. The molecule has 0 aliphatic heterocycles. The minimum absolute atomic E-state index is 0.0205. The van der Waals surface area contributed by atoms with Gasteiger partial charge >= 0.3 is 12.1 Å². The van der Waals surface area contributed by atoms with Crippen LogP contribution in [0, 0.1) is 0 Å². The molecule has 3 nitrogen and oxygen atoms in total. The number of rotatable bonds is 6. The summed E-state index contributed by atoms with van der Waals surface area (Å²) in [4.78, 5) is 14.2. The molecule has 6 heteroatoms. The van der Waals surface area contributed by atoms with E-state index in [0.29, 0.717) is 6.61 Å². The van der Waals surface area contributed by atoms with E-state index in [-0.39, 0.29) is 11.4 Å². The van der Waals surface area contributed by atoms with E-state index in [4.69, 9.17) is 4.74 Å². The van der Waals surface area contributed by atoms with Crippen molar-refractivity contribution in [2.45, 2.75) is 50.6 Å². The maximum Gasteiger partial charge on any atom is 0.433 e. The monoisotopic (exact) mass is 301 g/mol. The number of esters is 1. The maximum atomic E-state index is 12.5. The molecule has 0 N–H and O–H groups in total. The van der Waals surface area contributed by atoms with Gasteiger partial charge in [0.15, 0.2) is 0 Å². The van der Waals surface area contributed by atoms with Gasteiger partial charge in [0.05, 0.1) is 6.61 Å². The molecule has 1 saturated carbocycles. The molecular formula is C15H18F3NO2. The van der Waals surface area contributed by atoms with Gasteiger partial charge in [-0.05, 0) is 49.1 Å². The van der Waals surface area contributed by atoms with Gasteiger partial charge < -0.3 is 4.74 Å². The summed E-state index contributed by atoms with van der Waals surface area (Å²) in [5.74, 6) is -0.289. The molecule has 1 aliphatic carbocycles. The van der Waals surface area contributed by atoms with Crippen molar-refractivity contribution in [2.75, 3.05) is 6.61 Å². The first kappa shape index (κ1) is 15.8. The van der Waals surface area contributed by atoms with E-state index in [2.05, 4.69) is 4.98 Å². The largest absolute Gasteiger partial charge is 0.466 e. The van der Waals surface area contributed by atoms with E-state index in [1.165, 1.54) is 19.2 Å². The highest BCUT2D eigenvalue weighted by Crippen LogP contribution is 2.51. The SMILES string of the molecule is CC(=O)OCCCCC1(c2ccc(C(F)(F)F)nc2)CC1. The number of alkyl halides is 3. The van der Waals surface area contributed by atoms with Crippen molar-refractivity contribution in [3.8, 4) is 0 Å². The molecule has 1 aromatic heterocycles. The lowest BCUT2D eigenvalue weighted by molar-refractivity contribution is -0.142. The Balaban J connectivity index is 1.87. The summed E-state index contributed by atoms with van der Waals surface area (Å²) in [6.45, 7) is 1.77. The maximum absolute atomic E-state index is 12.5. The average Bonchev–Trinajstić information content (AvgIpc) is 3.18. The van der Waals surface area contributed by atoms with Gasteiger partial charge in [-0.15, -0.1) is 0 Å². The molecule has 0 radical (unpaired) electrons. The van der Waals surface area contributed by atoms with Gasteiger partial charge in [0.1, 0.15) is 5.69 Å². The summed E-state index contributed by atoms with van der Waals surface area (Å²) in [7, 11) is 0. The van der Waals surface area contributed by atoms with Gasteiger partial charge in [0, 0.05) is 13.1 Å². The summed E-state index contributed by atoms with van der Waals surface area (Å²) >= 11 is 0. The van der Waals surface area contributed by atoms with Gasteiger partial charge in [-0.2, -0.15) is 13.2 Å². The molecule has 1 aliphatic rings. The Morgan fingerprint density at radius 1 is 1.33 bits per heavy atom. The zero-order valence-corrected chi connectivity index (χ0v) is 11.9. The Labute approximate surface area is 121 Å². The number of carbonyl (C=O) groups excluding carboxylic acids is 1. The lowest BCUT2D eigenvalue weighted by atomic mass is 9.91. The minimum Gasteiger partial charge on any atom is -0.466 e. The van der Waals surface area contributed by atoms with E-state index in [0.717, 1.165) is 43.7 Å². The predicted octanol–water partition coefficient (Wildman–Crippen LogP) is 3.87. The number of nitrogens with zero attached hydrogens (tertiary/aromatic N) is 1. The molecule has 2 rings (SSSR count). The molecule has 1 heterocycles. The van der Waals surface area contributed by atoms with Crippen molar-refractivity contribution in [2.24, 2.45) is 0 Å². The first-order valence-corrected chi connectivity index (χ1v) is 7.01. The number of carbonyl (C=O) groups is 1. The fraction of sp³-hybridized carbons (Fsp3) is 0.600. The summed E-state index contributed by atoms with van der Waals surface area (Å²) < 4.78 is 42.3. The molecule has 0 unspecified atom stereocenters. The Morgan fingerprint density at radius 3 is 2.52 bits per heavy atom. The van der Waals surface area contributed by atoms with Crippen molar-refractivity contribution < 1.29 is 22.7 Å². The lowest BCUT2D eigenvalue weighted by Crippen LogP contribution is -2.12. The molecule has 116 valence electrons.